The van der Waals surface area contributed by atoms with E-state index in [0.717, 1.165) is 22.9 Å². The highest BCUT2D eigenvalue weighted by molar-refractivity contribution is 5.95. The Kier molecular flexibility index (Phi) is 4.29. The minimum atomic E-state index is -0.203. The van der Waals surface area contributed by atoms with E-state index in [4.69, 9.17) is 8.83 Å². The van der Waals surface area contributed by atoms with E-state index in [9.17, 15) is 4.79 Å². The summed E-state index contributed by atoms with van der Waals surface area (Å²) >= 11 is 0. The Morgan fingerprint density at radius 1 is 1.29 bits per heavy atom. The number of nitrogens with zero attached hydrogens (tertiary/aromatic N) is 2. The van der Waals surface area contributed by atoms with Crippen LogP contribution in [0.3, 0.4) is 0 Å². The fraction of sp³-hybridized carbons (Fsp3) is 0.333. The average Bonchev–Trinajstić information content (AvgIpc) is 3.22. The molecule has 0 fully saturated rings. The monoisotopic (exact) mass is 327 g/mol. The minimum Gasteiger partial charge on any atom is -0.467 e. The summed E-state index contributed by atoms with van der Waals surface area (Å²) in [5, 5.41) is 7.48. The summed E-state index contributed by atoms with van der Waals surface area (Å²) in [6.45, 7) is 7.91. The zero-order valence-electron chi connectivity index (χ0n) is 14.3. The zero-order chi connectivity index (χ0) is 17.3. The zero-order valence-corrected chi connectivity index (χ0v) is 14.3. The Bertz CT molecular complexity index is 843. The molecule has 0 aromatic carbocycles. The highest BCUT2D eigenvalue weighted by Crippen LogP contribution is 2.21. The second-order valence-electron chi connectivity index (χ2n) is 5.94. The van der Waals surface area contributed by atoms with Gasteiger partial charge in [-0.2, -0.15) is 5.10 Å². The van der Waals surface area contributed by atoms with Gasteiger partial charge < -0.3 is 14.2 Å². The van der Waals surface area contributed by atoms with Crippen LogP contribution in [0.1, 0.15) is 45.1 Å². The van der Waals surface area contributed by atoms with Crippen molar-refractivity contribution in [2.24, 2.45) is 0 Å². The molecule has 1 unspecified atom stereocenters. The average molecular weight is 327 g/mol. The number of nitrogens with one attached hydrogen (secondary N) is 1. The van der Waals surface area contributed by atoms with Crippen LogP contribution in [-0.2, 0) is 0 Å². The van der Waals surface area contributed by atoms with Crippen molar-refractivity contribution in [1.82, 2.24) is 15.1 Å². The van der Waals surface area contributed by atoms with Gasteiger partial charge in [-0.25, -0.2) is 0 Å². The molecule has 0 aliphatic rings. The van der Waals surface area contributed by atoms with Gasteiger partial charge in [0.05, 0.1) is 17.5 Å². The number of carbonyl (C=O) groups is 1. The molecule has 3 heterocycles. The molecular formula is C18H21N3O3. The lowest BCUT2D eigenvalue weighted by Gasteiger charge is -2.18. The van der Waals surface area contributed by atoms with E-state index in [1.54, 1.807) is 19.3 Å². The van der Waals surface area contributed by atoms with Crippen molar-refractivity contribution < 1.29 is 13.6 Å². The molecule has 3 aromatic rings. The van der Waals surface area contributed by atoms with Crippen LogP contribution in [-0.4, -0.2) is 22.2 Å². The molecule has 0 bridgehead atoms. The summed E-state index contributed by atoms with van der Waals surface area (Å²) in [5.41, 5.74) is 2.49. The number of carbonyl (C=O) groups excluding carboxylic acids is 1. The molecule has 6 heteroatoms. The summed E-state index contributed by atoms with van der Waals surface area (Å²) in [6.07, 6.45) is 1.62. The lowest BCUT2D eigenvalue weighted by atomic mass is 10.2. The summed E-state index contributed by atoms with van der Waals surface area (Å²) in [6, 6.07) is 7.27. The lowest BCUT2D eigenvalue weighted by molar-refractivity contribution is 0.0946. The Balaban J connectivity index is 1.82. The standard InChI is InChI=1S/C18H21N3O3/c1-11-8-12(2)21(20-11)16(17-6-5-7-23-17)10-19-18(22)15-9-13(3)24-14(15)4/h5-9,16H,10H2,1-4H3,(H,19,22). The van der Waals surface area contributed by atoms with Crippen molar-refractivity contribution in [2.45, 2.75) is 33.7 Å². The molecule has 6 nitrogen and oxygen atoms in total. The van der Waals surface area contributed by atoms with E-state index >= 15 is 0 Å². The summed E-state index contributed by atoms with van der Waals surface area (Å²) in [5.74, 6) is 1.92. The second-order valence-corrected chi connectivity index (χ2v) is 5.94. The number of furan rings is 2. The van der Waals surface area contributed by atoms with Crippen LogP contribution in [0.5, 0.6) is 0 Å². The van der Waals surface area contributed by atoms with Crippen molar-refractivity contribution in [3.63, 3.8) is 0 Å². The first-order valence-corrected chi connectivity index (χ1v) is 7.87. The molecule has 0 aliphatic carbocycles. The molecule has 0 spiro atoms. The maximum Gasteiger partial charge on any atom is 0.254 e. The minimum absolute atomic E-state index is 0.164. The highest BCUT2D eigenvalue weighted by Gasteiger charge is 2.22. The predicted octanol–water partition coefficient (Wildman–Crippen LogP) is 3.32. The van der Waals surface area contributed by atoms with Crippen LogP contribution in [0.25, 0.3) is 0 Å². The van der Waals surface area contributed by atoms with Gasteiger partial charge in [-0.3, -0.25) is 9.48 Å². The summed E-state index contributed by atoms with van der Waals surface area (Å²) < 4.78 is 12.9. The Labute approximate surface area is 140 Å². The van der Waals surface area contributed by atoms with Crippen LogP contribution < -0.4 is 5.32 Å². The number of hydrogen-bond donors (Lipinski definition) is 1. The summed E-state index contributed by atoms with van der Waals surface area (Å²) in [7, 11) is 0. The highest BCUT2D eigenvalue weighted by atomic mass is 16.3. The number of rotatable bonds is 5. The van der Waals surface area contributed by atoms with E-state index in [-0.39, 0.29) is 11.9 Å². The molecule has 1 N–H and O–H groups in total. The van der Waals surface area contributed by atoms with Gasteiger partial charge in [0.25, 0.3) is 5.91 Å². The third kappa shape index (κ3) is 3.13. The van der Waals surface area contributed by atoms with Crippen molar-refractivity contribution >= 4 is 5.91 Å². The first-order chi connectivity index (χ1) is 11.5. The normalized spacial score (nSPS) is 12.3. The Morgan fingerprint density at radius 3 is 2.62 bits per heavy atom. The molecule has 1 atom stereocenters. The van der Waals surface area contributed by atoms with Gasteiger partial charge in [-0.1, -0.05) is 0 Å². The molecule has 0 saturated carbocycles. The number of aryl methyl sites for hydroxylation is 4. The lowest BCUT2D eigenvalue weighted by Crippen LogP contribution is -2.32. The van der Waals surface area contributed by atoms with E-state index < -0.39 is 0 Å². The van der Waals surface area contributed by atoms with Crippen molar-refractivity contribution in [3.05, 3.63) is 64.8 Å². The third-order valence-corrected chi connectivity index (χ3v) is 3.95. The molecule has 3 rings (SSSR count). The molecule has 0 aliphatic heterocycles. The third-order valence-electron chi connectivity index (χ3n) is 3.95. The maximum absolute atomic E-state index is 12.4. The van der Waals surface area contributed by atoms with Crippen molar-refractivity contribution in [1.29, 1.82) is 0 Å². The Hall–Kier alpha value is -2.76. The van der Waals surface area contributed by atoms with Crippen LogP contribution in [0.15, 0.2) is 39.4 Å². The van der Waals surface area contributed by atoms with Crippen LogP contribution in [0, 0.1) is 27.7 Å². The van der Waals surface area contributed by atoms with Gasteiger partial charge >= 0.3 is 0 Å². The molecule has 3 aromatic heterocycles. The van der Waals surface area contributed by atoms with Crippen LogP contribution in [0.4, 0.5) is 0 Å². The second kappa shape index (κ2) is 6.39. The van der Waals surface area contributed by atoms with E-state index in [1.807, 2.05) is 43.7 Å². The first-order valence-electron chi connectivity index (χ1n) is 7.87. The van der Waals surface area contributed by atoms with Gasteiger partial charge in [0, 0.05) is 12.2 Å². The van der Waals surface area contributed by atoms with Crippen molar-refractivity contribution in [2.75, 3.05) is 6.54 Å². The molecule has 24 heavy (non-hydrogen) atoms. The largest absolute Gasteiger partial charge is 0.467 e. The first kappa shape index (κ1) is 16.1. The molecule has 126 valence electrons. The van der Waals surface area contributed by atoms with E-state index in [0.29, 0.717) is 17.9 Å². The smallest absolute Gasteiger partial charge is 0.254 e. The molecule has 0 radical (unpaired) electrons. The number of hydrogen-bond acceptors (Lipinski definition) is 4. The fourth-order valence-electron chi connectivity index (χ4n) is 2.89. The van der Waals surface area contributed by atoms with Gasteiger partial charge in [0.1, 0.15) is 23.3 Å². The molecule has 1 amide bonds. The molecular weight excluding hydrogens is 306 g/mol. The van der Waals surface area contributed by atoms with Crippen LogP contribution >= 0.6 is 0 Å². The molecule has 0 saturated heterocycles. The fourth-order valence-corrected chi connectivity index (χ4v) is 2.89. The van der Waals surface area contributed by atoms with Gasteiger partial charge in [-0.05, 0) is 52.0 Å². The van der Waals surface area contributed by atoms with Gasteiger partial charge in [-0.15, -0.1) is 0 Å². The number of aromatic nitrogens is 2. The van der Waals surface area contributed by atoms with Crippen LogP contribution in [0.2, 0.25) is 0 Å². The van der Waals surface area contributed by atoms with Gasteiger partial charge in [0.2, 0.25) is 0 Å². The van der Waals surface area contributed by atoms with Crippen molar-refractivity contribution in [3.8, 4) is 0 Å². The number of amides is 1. The maximum atomic E-state index is 12.4. The summed E-state index contributed by atoms with van der Waals surface area (Å²) in [4.78, 5) is 12.4. The van der Waals surface area contributed by atoms with E-state index in [2.05, 4.69) is 10.4 Å². The van der Waals surface area contributed by atoms with E-state index in [1.165, 1.54) is 0 Å². The van der Waals surface area contributed by atoms with Gasteiger partial charge in [0.15, 0.2) is 0 Å². The SMILES string of the molecule is Cc1cc(C)n(C(CNC(=O)c2cc(C)oc2C)c2ccco2)n1. The topological polar surface area (TPSA) is 73.2 Å². The predicted molar refractivity (Wildman–Crippen MR) is 89.1 cm³/mol. The quantitative estimate of drug-likeness (QED) is 0.780. The Morgan fingerprint density at radius 2 is 2.08 bits per heavy atom.